The Labute approximate surface area is 139 Å². The van der Waals surface area contributed by atoms with E-state index in [0.717, 1.165) is 12.8 Å². The van der Waals surface area contributed by atoms with Crippen LogP contribution in [0.5, 0.6) is 0 Å². The van der Waals surface area contributed by atoms with E-state index in [0.29, 0.717) is 27.0 Å². The molecule has 24 heavy (non-hydrogen) atoms. The second-order valence-electron chi connectivity index (χ2n) is 8.17. The summed E-state index contributed by atoms with van der Waals surface area (Å²) in [7, 11) is 0. The van der Waals surface area contributed by atoms with E-state index in [4.69, 9.17) is 4.84 Å². The van der Waals surface area contributed by atoms with Crippen LogP contribution >= 0.6 is 0 Å². The van der Waals surface area contributed by atoms with Gasteiger partial charge in [0.2, 0.25) is 0 Å². The molecule has 0 unspecified atom stereocenters. The summed E-state index contributed by atoms with van der Waals surface area (Å²) in [6, 6.07) is 6.54. The molecule has 4 aliphatic rings. The molecule has 1 aromatic rings. The summed E-state index contributed by atoms with van der Waals surface area (Å²) in [5.74, 6) is -1.71. The number of carbonyl (C=O) groups is 3. The Hall–Kier alpha value is -2.17. The number of hydroxylamine groups is 2. The first kappa shape index (κ1) is 14.2. The van der Waals surface area contributed by atoms with Crippen LogP contribution in [0.15, 0.2) is 24.3 Å². The molecule has 5 heteroatoms. The topological polar surface area (TPSA) is 63.7 Å². The van der Waals surface area contributed by atoms with E-state index in [-0.39, 0.29) is 5.92 Å². The molecule has 0 bridgehead atoms. The Morgan fingerprint density at radius 3 is 2.08 bits per heavy atom. The number of fused-ring (bicyclic) bond motifs is 1. The molecule has 1 aliphatic heterocycles. The normalized spacial score (nSPS) is 25.9. The quantitative estimate of drug-likeness (QED) is 0.784. The number of imide groups is 1. The number of hydrogen-bond donors (Lipinski definition) is 0. The first-order valence-electron chi connectivity index (χ1n) is 8.71. The van der Waals surface area contributed by atoms with E-state index >= 15 is 0 Å². The van der Waals surface area contributed by atoms with Crippen molar-refractivity contribution in [3.05, 3.63) is 35.4 Å². The fourth-order valence-electron chi connectivity index (χ4n) is 5.43. The van der Waals surface area contributed by atoms with E-state index < -0.39 is 17.8 Å². The van der Waals surface area contributed by atoms with Gasteiger partial charge in [-0.05, 0) is 61.5 Å². The summed E-state index contributed by atoms with van der Waals surface area (Å²) in [6.45, 7) is 0. The standard InChI is InChI=1S/C19H19NO4/c21-15-13-4-1-2-5-14(13)16(22)20(15)24-17(23)12-8-19(9-12)10-18(11-19)6-3-7-18/h1-2,4-5,12H,3,6-11H2. The van der Waals surface area contributed by atoms with Crippen LogP contribution in [-0.2, 0) is 9.63 Å². The molecule has 2 amide bonds. The maximum absolute atomic E-state index is 12.3. The van der Waals surface area contributed by atoms with Crippen molar-refractivity contribution in [1.82, 2.24) is 5.06 Å². The largest absolute Gasteiger partial charge is 0.336 e. The maximum atomic E-state index is 12.3. The molecule has 1 aromatic carbocycles. The lowest BCUT2D eigenvalue weighted by Crippen LogP contribution is -2.58. The van der Waals surface area contributed by atoms with Crippen molar-refractivity contribution in [3.63, 3.8) is 0 Å². The first-order chi connectivity index (χ1) is 11.5. The van der Waals surface area contributed by atoms with Gasteiger partial charge in [-0.15, -0.1) is 0 Å². The highest BCUT2D eigenvalue weighted by atomic mass is 16.7. The molecule has 3 fully saturated rings. The first-order valence-corrected chi connectivity index (χ1v) is 8.71. The second kappa shape index (κ2) is 4.47. The van der Waals surface area contributed by atoms with Crippen LogP contribution in [0.3, 0.4) is 0 Å². The summed E-state index contributed by atoms with van der Waals surface area (Å²) in [6.07, 6.45) is 8.22. The van der Waals surface area contributed by atoms with Crippen molar-refractivity contribution in [2.45, 2.75) is 44.9 Å². The Balaban J connectivity index is 1.22. The smallest absolute Gasteiger partial charge is 0.329 e. The fourth-order valence-corrected chi connectivity index (χ4v) is 5.43. The van der Waals surface area contributed by atoms with Gasteiger partial charge in [0.1, 0.15) is 0 Å². The molecule has 0 radical (unpaired) electrons. The number of carbonyl (C=O) groups excluding carboxylic acids is 3. The van der Waals surface area contributed by atoms with Crippen molar-refractivity contribution >= 4 is 17.8 Å². The molecule has 0 saturated heterocycles. The van der Waals surface area contributed by atoms with Crippen LogP contribution in [0.2, 0.25) is 0 Å². The highest BCUT2D eigenvalue weighted by Gasteiger charge is 2.63. The third kappa shape index (κ3) is 1.78. The molecular weight excluding hydrogens is 306 g/mol. The molecule has 5 rings (SSSR count). The Bertz CT molecular complexity index is 728. The average molecular weight is 325 g/mol. The fraction of sp³-hybridized carbons (Fsp3) is 0.526. The van der Waals surface area contributed by atoms with Crippen LogP contribution in [0.25, 0.3) is 0 Å². The van der Waals surface area contributed by atoms with Crippen LogP contribution in [0.1, 0.15) is 65.7 Å². The summed E-state index contributed by atoms with van der Waals surface area (Å²) < 4.78 is 0. The average Bonchev–Trinajstić information content (AvgIpc) is 2.69. The predicted octanol–water partition coefficient (Wildman–Crippen LogP) is 3.10. The minimum absolute atomic E-state index is 0.174. The minimum Gasteiger partial charge on any atom is -0.329 e. The summed E-state index contributed by atoms with van der Waals surface area (Å²) >= 11 is 0. The van der Waals surface area contributed by atoms with Crippen molar-refractivity contribution in [2.24, 2.45) is 16.7 Å². The van der Waals surface area contributed by atoms with Gasteiger partial charge in [0.05, 0.1) is 17.0 Å². The number of nitrogens with zero attached hydrogens (tertiary/aromatic N) is 1. The van der Waals surface area contributed by atoms with Gasteiger partial charge in [-0.3, -0.25) is 9.59 Å². The van der Waals surface area contributed by atoms with Crippen LogP contribution in [0, 0.1) is 16.7 Å². The number of hydrogen-bond acceptors (Lipinski definition) is 4. The summed E-state index contributed by atoms with van der Waals surface area (Å²) in [4.78, 5) is 42.0. The van der Waals surface area contributed by atoms with E-state index in [9.17, 15) is 14.4 Å². The number of amides is 2. The third-order valence-corrected chi connectivity index (χ3v) is 6.54. The lowest BCUT2D eigenvalue weighted by molar-refractivity contribution is -0.202. The molecular formula is C19H19NO4. The van der Waals surface area contributed by atoms with Crippen LogP contribution in [0.4, 0.5) is 0 Å². The zero-order valence-corrected chi connectivity index (χ0v) is 13.4. The molecule has 5 nitrogen and oxygen atoms in total. The van der Waals surface area contributed by atoms with E-state index in [1.165, 1.54) is 32.1 Å². The highest BCUT2D eigenvalue weighted by molar-refractivity contribution is 6.20. The predicted molar refractivity (Wildman–Crippen MR) is 83.7 cm³/mol. The molecule has 1 heterocycles. The van der Waals surface area contributed by atoms with Gasteiger partial charge in [-0.1, -0.05) is 23.6 Å². The van der Waals surface area contributed by atoms with Gasteiger partial charge in [0, 0.05) is 0 Å². The lowest BCUT2D eigenvalue weighted by atomic mass is 9.38. The maximum Gasteiger partial charge on any atom is 0.336 e. The summed E-state index contributed by atoms with van der Waals surface area (Å²) in [5.41, 5.74) is 1.53. The van der Waals surface area contributed by atoms with E-state index in [2.05, 4.69) is 0 Å². The molecule has 2 spiro atoms. The number of rotatable bonds is 2. The Morgan fingerprint density at radius 1 is 1.00 bits per heavy atom. The monoisotopic (exact) mass is 325 g/mol. The minimum atomic E-state index is -0.546. The molecule has 124 valence electrons. The van der Waals surface area contributed by atoms with Gasteiger partial charge in [0.25, 0.3) is 11.8 Å². The van der Waals surface area contributed by atoms with Crippen LogP contribution in [-0.4, -0.2) is 22.8 Å². The SMILES string of the molecule is O=C(ON1C(=O)c2ccccc2C1=O)C1CC2(C1)CC1(CCC1)C2. The molecule has 3 saturated carbocycles. The zero-order valence-electron chi connectivity index (χ0n) is 13.4. The lowest BCUT2D eigenvalue weighted by Gasteiger charge is -2.66. The molecule has 3 aliphatic carbocycles. The van der Waals surface area contributed by atoms with Gasteiger partial charge in [0.15, 0.2) is 0 Å². The van der Waals surface area contributed by atoms with Gasteiger partial charge in [-0.25, -0.2) is 4.79 Å². The zero-order chi connectivity index (χ0) is 16.5. The van der Waals surface area contributed by atoms with Crippen LogP contribution < -0.4 is 0 Å². The molecule has 0 atom stereocenters. The van der Waals surface area contributed by atoms with Gasteiger partial charge in [-0.2, -0.15) is 0 Å². The molecule has 0 aromatic heterocycles. The van der Waals surface area contributed by atoms with Gasteiger partial charge >= 0.3 is 5.97 Å². The Morgan fingerprint density at radius 2 is 1.58 bits per heavy atom. The van der Waals surface area contributed by atoms with E-state index in [1.807, 2.05) is 0 Å². The van der Waals surface area contributed by atoms with Gasteiger partial charge < -0.3 is 4.84 Å². The molecule has 0 N–H and O–H groups in total. The van der Waals surface area contributed by atoms with Crippen molar-refractivity contribution in [3.8, 4) is 0 Å². The highest BCUT2D eigenvalue weighted by Crippen LogP contribution is 2.72. The second-order valence-corrected chi connectivity index (χ2v) is 8.17. The third-order valence-electron chi connectivity index (χ3n) is 6.54. The van der Waals surface area contributed by atoms with Crippen molar-refractivity contribution < 1.29 is 19.2 Å². The van der Waals surface area contributed by atoms with E-state index in [1.54, 1.807) is 24.3 Å². The number of benzene rings is 1. The Kier molecular flexibility index (Phi) is 2.64. The van der Waals surface area contributed by atoms with Crippen molar-refractivity contribution in [1.29, 1.82) is 0 Å². The van der Waals surface area contributed by atoms with Crippen molar-refractivity contribution in [2.75, 3.05) is 0 Å². The summed E-state index contributed by atoms with van der Waals surface area (Å²) in [5, 5.41) is 0.631.